The monoisotopic (exact) mass is 632 g/mol. The minimum atomic E-state index is -4.78. The fraction of sp³-hybridized carbons (Fsp3) is 0.152. The topological polar surface area (TPSA) is 83.0 Å². The summed E-state index contributed by atoms with van der Waals surface area (Å²) in [7, 11) is 0. The molecule has 228 valence electrons. The third-order valence-corrected chi connectivity index (χ3v) is 8.07. The smallest absolute Gasteiger partial charge is 0.470 e. The van der Waals surface area contributed by atoms with E-state index in [9.17, 15) is 18.0 Å². The standard InChI is InChI=1S/C33H24F4N4O3S/c1-20-27(25-15-16-26(45-25)30-39-40-32(44-30)33(35,36)37)31(42)41(18-17-21-9-4-2-5-10-21)29(38-20)23-13-8-14-24(34)28(23)43-19-22-11-6-3-7-12-22/h2-16H,17-19H2,1H3. The predicted molar refractivity (Wildman–Crippen MR) is 161 cm³/mol. The highest BCUT2D eigenvalue weighted by atomic mass is 32.1. The van der Waals surface area contributed by atoms with Gasteiger partial charge in [-0.05, 0) is 48.7 Å². The van der Waals surface area contributed by atoms with E-state index in [4.69, 9.17) is 14.1 Å². The third-order valence-electron chi connectivity index (χ3n) is 6.98. The van der Waals surface area contributed by atoms with Gasteiger partial charge in [-0.3, -0.25) is 9.36 Å². The van der Waals surface area contributed by atoms with Crippen LogP contribution in [0.4, 0.5) is 17.6 Å². The van der Waals surface area contributed by atoms with Crippen molar-refractivity contribution in [1.82, 2.24) is 19.7 Å². The minimum Gasteiger partial charge on any atom is -0.485 e. The Morgan fingerprint density at radius 3 is 2.24 bits per heavy atom. The molecule has 3 heterocycles. The van der Waals surface area contributed by atoms with Crippen LogP contribution in [0.3, 0.4) is 0 Å². The molecule has 7 nitrogen and oxygen atoms in total. The number of hydrogen-bond acceptors (Lipinski definition) is 7. The van der Waals surface area contributed by atoms with E-state index in [1.807, 2.05) is 60.7 Å². The Hall–Kier alpha value is -5.10. The zero-order chi connectivity index (χ0) is 31.6. The van der Waals surface area contributed by atoms with Gasteiger partial charge in [0.25, 0.3) is 11.4 Å². The van der Waals surface area contributed by atoms with Crippen molar-refractivity contribution < 1.29 is 26.7 Å². The Balaban J connectivity index is 1.44. The molecule has 0 spiro atoms. The van der Waals surface area contributed by atoms with Gasteiger partial charge >= 0.3 is 12.1 Å². The van der Waals surface area contributed by atoms with E-state index < -0.39 is 23.4 Å². The Bertz CT molecular complexity index is 2000. The van der Waals surface area contributed by atoms with E-state index in [-0.39, 0.29) is 41.1 Å². The first-order chi connectivity index (χ1) is 21.7. The highest BCUT2D eigenvalue weighted by molar-refractivity contribution is 7.18. The van der Waals surface area contributed by atoms with Gasteiger partial charge in [0, 0.05) is 11.4 Å². The van der Waals surface area contributed by atoms with Crippen molar-refractivity contribution >= 4 is 11.3 Å². The summed E-state index contributed by atoms with van der Waals surface area (Å²) in [5.41, 5.74) is 2.32. The number of aromatic nitrogens is 4. The van der Waals surface area contributed by atoms with Crippen molar-refractivity contribution in [3.63, 3.8) is 0 Å². The highest BCUT2D eigenvalue weighted by Crippen LogP contribution is 2.37. The zero-order valence-electron chi connectivity index (χ0n) is 23.7. The zero-order valence-corrected chi connectivity index (χ0v) is 24.5. The van der Waals surface area contributed by atoms with E-state index in [2.05, 4.69) is 10.2 Å². The molecule has 45 heavy (non-hydrogen) atoms. The van der Waals surface area contributed by atoms with Crippen LogP contribution < -0.4 is 10.3 Å². The van der Waals surface area contributed by atoms with E-state index >= 15 is 4.39 Å². The number of rotatable bonds is 9. The molecule has 12 heteroatoms. The van der Waals surface area contributed by atoms with Gasteiger partial charge in [-0.2, -0.15) is 13.2 Å². The fourth-order valence-corrected chi connectivity index (χ4v) is 5.85. The van der Waals surface area contributed by atoms with Crippen molar-refractivity contribution in [2.24, 2.45) is 0 Å². The van der Waals surface area contributed by atoms with E-state index in [0.29, 0.717) is 22.6 Å². The van der Waals surface area contributed by atoms with Crippen molar-refractivity contribution in [3.05, 3.63) is 130 Å². The van der Waals surface area contributed by atoms with Gasteiger partial charge in [-0.15, -0.1) is 21.5 Å². The maximum Gasteiger partial charge on any atom is 0.470 e. The van der Waals surface area contributed by atoms with Crippen molar-refractivity contribution in [3.8, 4) is 38.3 Å². The summed E-state index contributed by atoms with van der Waals surface area (Å²) in [6.45, 7) is 1.97. The molecular weight excluding hydrogens is 608 g/mol. The molecule has 0 N–H and O–H groups in total. The lowest BCUT2D eigenvalue weighted by molar-refractivity contribution is -0.156. The van der Waals surface area contributed by atoms with Gasteiger partial charge in [0.05, 0.1) is 21.7 Å². The molecule has 0 aliphatic rings. The second-order valence-corrected chi connectivity index (χ2v) is 11.1. The van der Waals surface area contributed by atoms with Crippen molar-refractivity contribution in [2.45, 2.75) is 32.7 Å². The highest BCUT2D eigenvalue weighted by Gasteiger charge is 2.38. The molecule has 0 saturated heterocycles. The summed E-state index contributed by atoms with van der Waals surface area (Å²) in [6, 6.07) is 26.5. The summed E-state index contributed by atoms with van der Waals surface area (Å²) in [6.07, 6.45) is -4.31. The number of nitrogens with zero attached hydrogens (tertiary/aromatic N) is 4. The van der Waals surface area contributed by atoms with Crippen LogP contribution in [0.5, 0.6) is 5.75 Å². The summed E-state index contributed by atoms with van der Waals surface area (Å²) in [5.74, 6) is -2.19. The lowest BCUT2D eigenvalue weighted by Crippen LogP contribution is -2.27. The molecule has 6 aromatic rings. The second kappa shape index (κ2) is 12.5. The number of hydrogen-bond donors (Lipinski definition) is 0. The fourth-order valence-electron chi connectivity index (χ4n) is 4.83. The van der Waals surface area contributed by atoms with Crippen molar-refractivity contribution in [1.29, 1.82) is 0 Å². The molecule has 0 fully saturated rings. The van der Waals surface area contributed by atoms with Gasteiger partial charge in [-0.1, -0.05) is 66.7 Å². The Morgan fingerprint density at radius 2 is 1.56 bits per heavy atom. The molecule has 0 atom stereocenters. The summed E-state index contributed by atoms with van der Waals surface area (Å²) >= 11 is 1.03. The van der Waals surface area contributed by atoms with Crippen LogP contribution in [-0.2, 0) is 25.7 Å². The predicted octanol–water partition coefficient (Wildman–Crippen LogP) is 7.98. The van der Waals surface area contributed by atoms with Gasteiger partial charge in [0.15, 0.2) is 11.6 Å². The van der Waals surface area contributed by atoms with Crippen LogP contribution in [0, 0.1) is 12.7 Å². The second-order valence-electron chi connectivity index (χ2n) is 10.1. The molecule has 0 amide bonds. The summed E-state index contributed by atoms with van der Waals surface area (Å²) in [5, 5.41) is 6.61. The molecule has 0 unspecified atom stereocenters. The maximum absolute atomic E-state index is 15.3. The van der Waals surface area contributed by atoms with Crippen molar-refractivity contribution in [2.75, 3.05) is 0 Å². The number of alkyl halides is 3. The maximum atomic E-state index is 15.3. The lowest BCUT2D eigenvalue weighted by Gasteiger charge is -2.18. The van der Waals surface area contributed by atoms with Crippen LogP contribution >= 0.6 is 11.3 Å². The molecule has 0 radical (unpaired) electrons. The Morgan fingerprint density at radius 1 is 0.867 bits per heavy atom. The number of thiophene rings is 1. The average molecular weight is 633 g/mol. The molecule has 3 aromatic heterocycles. The van der Waals surface area contributed by atoms with Gasteiger partial charge in [0.2, 0.25) is 0 Å². The molecule has 0 saturated carbocycles. The molecule has 0 aliphatic heterocycles. The SMILES string of the molecule is Cc1nc(-c2cccc(F)c2OCc2ccccc2)n(CCc2ccccc2)c(=O)c1-c1ccc(-c2nnc(C(F)(F)F)o2)s1. The minimum absolute atomic E-state index is 0.0378. The van der Waals surface area contributed by atoms with E-state index in [0.717, 1.165) is 22.5 Å². The Labute approximate surface area is 258 Å². The normalized spacial score (nSPS) is 11.6. The molecule has 3 aromatic carbocycles. The number of ether oxygens (including phenoxy) is 1. The van der Waals surface area contributed by atoms with Gasteiger partial charge in [-0.25, -0.2) is 9.37 Å². The quantitative estimate of drug-likeness (QED) is 0.150. The molecule has 0 bridgehead atoms. The molecule has 6 rings (SSSR count). The third kappa shape index (κ3) is 6.41. The lowest BCUT2D eigenvalue weighted by atomic mass is 10.1. The van der Waals surface area contributed by atoms with E-state index in [1.54, 1.807) is 19.1 Å². The van der Waals surface area contributed by atoms with Gasteiger partial charge < -0.3 is 9.15 Å². The number of benzene rings is 3. The molecular formula is C33H24F4N4O3S. The summed E-state index contributed by atoms with van der Waals surface area (Å²) < 4.78 is 66.6. The first kappa shape index (κ1) is 29.9. The first-order valence-corrected chi connectivity index (χ1v) is 14.6. The van der Waals surface area contributed by atoms with E-state index in [1.165, 1.54) is 22.8 Å². The number of para-hydroxylation sites is 1. The van der Waals surface area contributed by atoms with Crippen LogP contribution in [0.15, 0.2) is 100 Å². The summed E-state index contributed by atoms with van der Waals surface area (Å²) in [4.78, 5) is 19.8. The Kier molecular flexibility index (Phi) is 8.31. The largest absolute Gasteiger partial charge is 0.485 e. The average Bonchev–Trinajstić information content (AvgIpc) is 3.72. The van der Waals surface area contributed by atoms with Gasteiger partial charge in [0.1, 0.15) is 12.4 Å². The van der Waals surface area contributed by atoms with Crippen LogP contribution in [0.25, 0.3) is 32.6 Å². The van der Waals surface area contributed by atoms with Crippen LogP contribution in [0.2, 0.25) is 0 Å². The number of aryl methyl sites for hydroxylation is 2. The first-order valence-electron chi connectivity index (χ1n) is 13.8. The number of halogens is 4. The van der Waals surface area contributed by atoms with Crippen LogP contribution in [-0.4, -0.2) is 19.7 Å². The molecule has 0 aliphatic carbocycles. The van der Waals surface area contributed by atoms with Crippen LogP contribution in [0.1, 0.15) is 22.7 Å².